The first kappa shape index (κ1) is 12.2. The molecule has 0 spiro atoms. The molecule has 0 unspecified atom stereocenters. The van der Waals surface area contributed by atoms with Crippen molar-refractivity contribution in [2.24, 2.45) is 5.73 Å². The van der Waals surface area contributed by atoms with E-state index in [1.165, 1.54) is 18.9 Å². The van der Waals surface area contributed by atoms with Crippen molar-refractivity contribution in [3.05, 3.63) is 35.1 Å². The van der Waals surface area contributed by atoms with Gasteiger partial charge in [0.2, 0.25) is 0 Å². The van der Waals surface area contributed by atoms with Crippen LogP contribution in [0.1, 0.15) is 49.8 Å². The maximum absolute atomic E-state index is 12.9. The van der Waals surface area contributed by atoms with Crippen molar-refractivity contribution in [3.63, 3.8) is 0 Å². The fourth-order valence-corrected chi connectivity index (χ4v) is 1.82. The van der Waals surface area contributed by atoms with Crippen LogP contribution < -0.4 is 5.73 Å². The number of benzene rings is 1. The molecular formula is C13H20FN. The maximum atomic E-state index is 12.9. The molecular weight excluding hydrogens is 189 g/mol. The van der Waals surface area contributed by atoms with Crippen molar-refractivity contribution < 1.29 is 4.39 Å². The molecule has 0 aliphatic carbocycles. The molecule has 1 nitrogen and oxygen atoms in total. The molecule has 0 heterocycles. The van der Waals surface area contributed by atoms with E-state index in [2.05, 4.69) is 6.92 Å². The molecule has 1 aromatic rings. The fourth-order valence-electron chi connectivity index (χ4n) is 1.82. The monoisotopic (exact) mass is 209 g/mol. The van der Waals surface area contributed by atoms with Crippen LogP contribution in [0.15, 0.2) is 18.2 Å². The number of hydrogen-bond acceptors (Lipinski definition) is 1. The molecule has 15 heavy (non-hydrogen) atoms. The van der Waals surface area contributed by atoms with Gasteiger partial charge in [-0.25, -0.2) is 4.39 Å². The summed E-state index contributed by atoms with van der Waals surface area (Å²) in [5.41, 5.74) is 8.10. The van der Waals surface area contributed by atoms with Gasteiger partial charge in [-0.15, -0.1) is 0 Å². The number of unbranched alkanes of at least 4 members (excludes halogenated alkanes) is 2. The molecule has 0 amide bonds. The molecule has 84 valence electrons. The van der Waals surface area contributed by atoms with Gasteiger partial charge >= 0.3 is 0 Å². The van der Waals surface area contributed by atoms with Crippen LogP contribution in [0.3, 0.4) is 0 Å². The Balaban J connectivity index is 2.61. The largest absolute Gasteiger partial charge is 0.324 e. The highest BCUT2D eigenvalue weighted by molar-refractivity contribution is 5.29. The Morgan fingerprint density at radius 1 is 1.33 bits per heavy atom. The summed E-state index contributed by atoms with van der Waals surface area (Å²) >= 11 is 0. The van der Waals surface area contributed by atoms with Gasteiger partial charge in [0.25, 0.3) is 0 Å². The van der Waals surface area contributed by atoms with Crippen LogP contribution in [0.5, 0.6) is 0 Å². The first-order valence-electron chi connectivity index (χ1n) is 5.66. The first-order chi connectivity index (χ1) is 7.15. The highest BCUT2D eigenvalue weighted by Gasteiger charge is 2.08. The number of hydrogen-bond donors (Lipinski definition) is 1. The fraction of sp³-hybridized carbons (Fsp3) is 0.538. The SMILES string of the molecule is CCCCC[C@H](N)c1ccc(F)cc1C. The van der Waals surface area contributed by atoms with E-state index < -0.39 is 0 Å². The van der Waals surface area contributed by atoms with Crippen molar-refractivity contribution >= 4 is 0 Å². The minimum atomic E-state index is -0.183. The van der Waals surface area contributed by atoms with Crippen molar-refractivity contribution in [2.75, 3.05) is 0 Å². The van der Waals surface area contributed by atoms with E-state index in [0.717, 1.165) is 24.0 Å². The van der Waals surface area contributed by atoms with Gasteiger partial charge in [0.15, 0.2) is 0 Å². The van der Waals surface area contributed by atoms with Gasteiger partial charge in [-0.2, -0.15) is 0 Å². The maximum Gasteiger partial charge on any atom is 0.123 e. The van der Waals surface area contributed by atoms with Gasteiger partial charge in [0.05, 0.1) is 0 Å². The topological polar surface area (TPSA) is 26.0 Å². The average Bonchev–Trinajstić information content (AvgIpc) is 2.17. The lowest BCUT2D eigenvalue weighted by atomic mass is 9.97. The van der Waals surface area contributed by atoms with E-state index in [9.17, 15) is 4.39 Å². The van der Waals surface area contributed by atoms with Gasteiger partial charge in [-0.1, -0.05) is 32.3 Å². The minimum Gasteiger partial charge on any atom is -0.324 e. The zero-order chi connectivity index (χ0) is 11.3. The summed E-state index contributed by atoms with van der Waals surface area (Å²) < 4.78 is 12.9. The van der Waals surface area contributed by atoms with Crippen molar-refractivity contribution in [1.82, 2.24) is 0 Å². The van der Waals surface area contributed by atoms with E-state index in [0.29, 0.717) is 0 Å². The zero-order valence-corrected chi connectivity index (χ0v) is 9.59. The third kappa shape index (κ3) is 3.63. The lowest BCUT2D eigenvalue weighted by Crippen LogP contribution is -2.11. The van der Waals surface area contributed by atoms with Crippen LogP contribution in [0.4, 0.5) is 4.39 Å². The van der Waals surface area contributed by atoms with Crippen molar-refractivity contribution in [3.8, 4) is 0 Å². The molecule has 0 aliphatic rings. The molecule has 0 bridgehead atoms. The highest BCUT2D eigenvalue weighted by Crippen LogP contribution is 2.21. The Morgan fingerprint density at radius 2 is 2.07 bits per heavy atom. The summed E-state index contributed by atoms with van der Waals surface area (Å²) in [7, 11) is 0. The number of aryl methyl sites for hydroxylation is 1. The molecule has 0 saturated heterocycles. The van der Waals surface area contributed by atoms with Gasteiger partial charge < -0.3 is 5.73 Å². The Morgan fingerprint density at radius 3 is 2.67 bits per heavy atom. The highest BCUT2D eigenvalue weighted by atomic mass is 19.1. The second-order valence-electron chi connectivity index (χ2n) is 4.10. The van der Waals surface area contributed by atoms with Crippen LogP contribution in [-0.4, -0.2) is 0 Å². The van der Waals surface area contributed by atoms with Crippen LogP contribution >= 0.6 is 0 Å². The molecule has 2 heteroatoms. The third-order valence-corrected chi connectivity index (χ3v) is 2.75. The molecule has 0 saturated carbocycles. The second-order valence-corrected chi connectivity index (χ2v) is 4.10. The normalized spacial score (nSPS) is 12.8. The Kier molecular flexibility index (Phi) is 4.76. The Labute approximate surface area is 91.5 Å². The molecule has 1 atom stereocenters. The summed E-state index contributed by atoms with van der Waals surface area (Å²) in [5, 5.41) is 0. The smallest absolute Gasteiger partial charge is 0.123 e. The van der Waals surface area contributed by atoms with E-state index in [1.807, 2.05) is 6.92 Å². The van der Waals surface area contributed by atoms with Crippen LogP contribution in [-0.2, 0) is 0 Å². The third-order valence-electron chi connectivity index (χ3n) is 2.75. The Bertz CT molecular complexity index is 309. The van der Waals surface area contributed by atoms with E-state index in [4.69, 9.17) is 5.73 Å². The molecule has 0 fully saturated rings. The number of rotatable bonds is 5. The molecule has 1 rings (SSSR count). The van der Waals surface area contributed by atoms with E-state index >= 15 is 0 Å². The molecule has 1 aromatic carbocycles. The standard InChI is InChI=1S/C13H20FN/c1-3-4-5-6-13(15)12-8-7-11(14)9-10(12)2/h7-9,13H,3-6,15H2,1-2H3/t13-/m0/s1. The second kappa shape index (κ2) is 5.86. The number of nitrogens with two attached hydrogens (primary N) is 1. The summed E-state index contributed by atoms with van der Waals surface area (Å²) in [6.07, 6.45) is 4.55. The predicted molar refractivity (Wildman–Crippen MR) is 62.2 cm³/mol. The lowest BCUT2D eigenvalue weighted by Gasteiger charge is -2.14. The molecule has 0 aliphatic heterocycles. The summed E-state index contributed by atoms with van der Waals surface area (Å²) in [4.78, 5) is 0. The summed E-state index contributed by atoms with van der Waals surface area (Å²) in [6, 6.07) is 4.90. The summed E-state index contributed by atoms with van der Waals surface area (Å²) in [6.45, 7) is 4.09. The molecule has 0 radical (unpaired) electrons. The molecule has 0 aromatic heterocycles. The lowest BCUT2D eigenvalue weighted by molar-refractivity contribution is 0.575. The van der Waals surface area contributed by atoms with Gasteiger partial charge in [-0.05, 0) is 36.6 Å². The predicted octanol–water partition coefficient (Wildman–Crippen LogP) is 3.71. The quantitative estimate of drug-likeness (QED) is 0.735. The minimum absolute atomic E-state index is 0.0529. The average molecular weight is 209 g/mol. The van der Waals surface area contributed by atoms with Crippen molar-refractivity contribution in [2.45, 2.75) is 45.6 Å². The van der Waals surface area contributed by atoms with Crippen LogP contribution in [0.25, 0.3) is 0 Å². The van der Waals surface area contributed by atoms with Gasteiger partial charge in [0.1, 0.15) is 5.82 Å². The van der Waals surface area contributed by atoms with Crippen molar-refractivity contribution in [1.29, 1.82) is 0 Å². The Hall–Kier alpha value is -0.890. The zero-order valence-electron chi connectivity index (χ0n) is 9.59. The van der Waals surface area contributed by atoms with Crippen LogP contribution in [0, 0.1) is 12.7 Å². The van der Waals surface area contributed by atoms with E-state index in [1.54, 1.807) is 12.1 Å². The van der Waals surface area contributed by atoms with Crippen LogP contribution in [0.2, 0.25) is 0 Å². The number of halogens is 1. The van der Waals surface area contributed by atoms with Gasteiger partial charge in [-0.3, -0.25) is 0 Å². The molecule has 2 N–H and O–H groups in total. The first-order valence-corrected chi connectivity index (χ1v) is 5.66. The summed E-state index contributed by atoms with van der Waals surface area (Å²) in [5.74, 6) is -0.183. The van der Waals surface area contributed by atoms with Gasteiger partial charge in [0, 0.05) is 6.04 Å². The van der Waals surface area contributed by atoms with E-state index in [-0.39, 0.29) is 11.9 Å².